The molecule has 1 aliphatic rings. The first-order chi connectivity index (χ1) is 8.45. The van der Waals surface area contributed by atoms with Gasteiger partial charge in [0.2, 0.25) is 5.91 Å². The van der Waals surface area contributed by atoms with Crippen molar-refractivity contribution in [1.82, 2.24) is 5.01 Å². The Balaban J connectivity index is 2.41. The normalized spacial score (nSPS) is 23.4. The van der Waals surface area contributed by atoms with Crippen molar-refractivity contribution in [3.05, 3.63) is 35.9 Å². The van der Waals surface area contributed by atoms with Crippen molar-refractivity contribution in [2.45, 2.75) is 32.9 Å². The second kappa shape index (κ2) is 4.53. The Bertz CT molecular complexity index is 482. The van der Waals surface area contributed by atoms with Crippen LogP contribution in [0.4, 0.5) is 0 Å². The highest BCUT2D eigenvalue weighted by atomic mass is 16.3. The van der Waals surface area contributed by atoms with E-state index in [1.54, 1.807) is 13.8 Å². The first-order valence-electron chi connectivity index (χ1n) is 6.11. The van der Waals surface area contributed by atoms with Gasteiger partial charge in [-0.3, -0.25) is 4.79 Å². The molecule has 0 aromatic heterocycles. The minimum atomic E-state index is -1.34. The summed E-state index contributed by atoms with van der Waals surface area (Å²) in [5, 5.41) is 16.2. The third-order valence-electron chi connectivity index (χ3n) is 3.06. The van der Waals surface area contributed by atoms with Gasteiger partial charge in [0.1, 0.15) is 0 Å². The fraction of sp³-hybridized carbons (Fsp3) is 0.429. The first kappa shape index (κ1) is 12.8. The number of carbonyl (C=O) groups is 1. The molecule has 2 rings (SSSR count). The van der Waals surface area contributed by atoms with Crippen LogP contribution >= 0.6 is 0 Å². The number of amides is 1. The summed E-state index contributed by atoms with van der Waals surface area (Å²) in [6.45, 7) is 5.43. The van der Waals surface area contributed by atoms with Gasteiger partial charge in [-0.2, -0.15) is 10.1 Å². The van der Waals surface area contributed by atoms with Gasteiger partial charge in [0, 0.05) is 23.6 Å². The summed E-state index contributed by atoms with van der Waals surface area (Å²) in [5.41, 5.74) is 0.113. The topological polar surface area (TPSA) is 52.9 Å². The number of aliphatic hydroxyl groups is 1. The van der Waals surface area contributed by atoms with Crippen LogP contribution in [0.5, 0.6) is 0 Å². The number of nitrogens with zero attached hydrogens (tertiary/aromatic N) is 2. The molecule has 1 aliphatic heterocycles. The number of hydrogen-bond acceptors (Lipinski definition) is 3. The zero-order valence-electron chi connectivity index (χ0n) is 10.9. The van der Waals surface area contributed by atoms with Crippen LogP contribution in [0, 0.1) is 5.92 Å². The first-order valence-corrected chi connectivity index (χ1v) is 6.11. The molecule has 1 aromatic rings. The molecule has 0 aliphatic carbocycles. The Morgan fingerprint density at radius 1 is 1.39 bits per heavy atom. The van der Waals surface area contributed by atoms with E-state index in [1.165, 1.54) is 5.01 Å². The van der Waals surface area contributed by atoms with E-state index >= 15 is 0 Å². The molecule has 0 radical (unpaired) electrons. The van der Waals surface area contributed by atoms with Crippen molar-refractivity contribution >= 4 is 11.6 Å². The lowest BCUT2D eigenvalue weighted by Gasteiger charge is -2.32. The zero-order chi connectivity index (χ0) is 13.3. The molecule has 1 amide bonds. The van der Waals surface area contributed by atoms with Crippen molar-refractivity contribution in [2.24, 2.45) is 11.0 Å². The number of carbonyl (C=O) groups excluding carboxylic acids is 1. The van der Waals surface area contributed by atoms with E-state index in [2.05, 4.69) is 5.10 Å². The van der Waals surface area contributed by atoms with E-state index in [9.17, 15) is 9.90 Å². The third kappa shape index (κ3) is 2.04. The second-order valence-corrected chi connectivity index (χ2v) is 5.00. The molecule has 0 saturated carbocycles. The number of hydrazone groups is 1. The van der Waals surface area contributed by atoms with Crippen LogP contribution in [0.3, 0.4) is 0 Å². The summed E-state index contributed by atoms with van der Waals surface area (Å²) < 4.78 is 0. The van der Waals surface area contributed by atoms with Crippen LogP contribution in [0.15, 0.2) is 35.4 Å². The molecule has 0 spiro atoms. The second-order valence-electron chi connectivity index (χ2n) is 5.00. The lowest BCUT2D eigenvalue weighted by molar-refractivity contribution is -0.161. The van der Waals surface area contributed by atoms with Crippen LogP contribution < -0.4 is 0 Å². The Kier molecular flexibility index (Phi) is 3.22. The lowest BCUT2D eigenvalue weighted by atomic mass is 9.97. The van der Waals surface area contributed by atoms with E-state index in [4.69, 9.17) is 0 Å². The summed E-state index contributed by atoms with van der Waals surface area (Å²) in [6.07, 6.45) is 0.357. The largest absolute Gasteiger partial charge is 0.365 e. The minimum absolute atomic E-state index is 0.168. The van der Waals surface area contributed by atoms with Crippen molar-refractivity contribution in [3.8, 4) is 0 Å². The maximum absolute atomic E-state index is 12.1. The number of rotatable bonds is 2. The molecular formula is C14H18N2O2. The summed E-state index contributed by atoms with van der Waals surface area (Å²) in [5.74, 6) is -0.368. The van der Waals surface area contributed by atoms with Crippen LogP contribution in [0.1, 0.15) is 32.8 Å². The molecule has 0 fully saturated rings. The molecule has 4 nitrogen and oxygen atoms in total. The summed E-state index contributed by atoms with van der Waals surface area (Å²) in [7, 11) is 0. The number of hydrogen-bond donors (Lipinski definition) is 1. The van der Waals surface area contributed by atoms with Crippen molar-refractivity contribution in [1.29, 1.82) is 0 Å². The van der Waals surface area contributed by atoms with Gasteiger partial charge >= 0.3 is 0 Å². The Labute approximate surface area is 107 Å². The van der Waals surface area contributed by atoms with Gasteiger partial charge in [-0.1, -0.05) is 44.2 Å². The smallest absolute Gasteiger partial charge is 0.248 e. The summed E-state index contributed by atoms with van der Waals surface area (Å²) >= 11 is 0. The third-order valence-corrected chi connectivity index (χ3v) is 3.06. The molecule has 1 heterocycles. The Morgan fingerprint density at radius 2 is 2.00 bits per heavy atom. The molecule has 0 bridgehead atoms. The minimum Gasteiger partial charge on any atom is -0.365 e. The quantitative estimate of drug-likeness (QED) is 0.868. The monoisotopic (exact) mass is 246 g/mol. The highest BCUT2D eigenvalue weighted by Gasteiger charge is 2.45. The molecule has 96 valence electrons. The summed E-state index contributed by atoms with van der Waals surface area (Å²) in [4.78, 5) is 12.1. The van der Waals surface area contributed by atoms with Gasteiger partial charge in [0.15, 0.2) is 5.72 Å². The van der Waals surface area contributed by atoms with Crippen LogP contribution in [-0.4, -0.2) is 21.7 Å². The Morgan fingerprint density at radius 3 is 2.56 bits per heavy atom. The van der Waals surface area contributed by atoms with E-state index in [0.717, 1.165) is 5.71 Å². The molecule has 4 heteroatoms. The fourth-order valence-corrected chi connectivity index (χ4v) is 2.13. The zero-order valence-corrected chi connectivity index (χ0v) is 10.9. The van der Waals surface area contributed by atoms with Crippen LogP contribution in [0.2, 0.25) is 0 Å². The van der Waals surface area contributed by atoms with Gasteiger partial charge in [-0.15, -0.1) is 0 Å². The molecule has 1 N–H and O–H groups in total. The molecule has 0 unspecified atom stereocenters. The van der Waals surface area contributed by atoms with Crippen molar-refractivity contribution in [2.75, 3.05) is 0 Å². The molecule has 0 saturated heterocycles. The van der Waals surface area contributed by atoms with Gasteiger partial charge in [0.05, 0.1) is 0 Å². The maximum atomic E-state index is 12.1. The fourth-order valence-electron chi connectivity index (χ4n) is 2.13. The average molecular weight is 246 g/mol. The highest BCUT2D eigenvalue weighted by molar-refractivity contribution is 5.89. The standard InChI is InChI=1S/C14H18N2O2/c1-10(2)13(17)16-14(18,9-11(3)15-16)12-7-5-4-6-8-12/h4-8,10,18H,9H2,1-3H3/t14-/m1/s1. The van der Waals surface area contributed by atoms with E-state index in [0.29, 0.717) is 12.0 Å². The Hall–Kier alpha value is -1.68. The van der Waals surface area contributed by atoms with Gasteiger partial charge in [-0.25, -0.2) is 0 Å². The van der Waals surface area contributed by atoms with E-state index in [-0.39, 0.29) is 11.8 Å². The van der Waals surface area contributed by atoms with E-state index < -0.39 is 5.72 Å². The average Bonchev–Trinajstić information content (AvgIpc) is 2.66. The molecule has 1 aromatic carbocycles. The van der Waals surface area contributed by atoms with Gasteiger partial charge in [-0.05, 0) is 6.92 Å². The van der Waals surface area contributed by atoms with Crippen molar-refractivity contribution in [3.63, 3.8) is 0 Å². The SMILES string of the molecule is CC1=NN(C(=O)C(C)C)[C@](O)(c2ccccc2)C1. The van der Waals surface area contributed by atoms with Gasteiger partial charge in [0.25, 0.3) is 0 Å². The van der Waals surface area contributed by atoms with E-state index in [1.807, 2.05) is 37.3 Å². The molecular weight excluding hydrogens is 228 g/mol. The van der Waals surface area contributed by atoms with Crippen LogP contribution in [0.25, 0.3) is 0 Å². The lowest BCUT2D eigenvalue weighted by Crippen LogP contribution is -2.45. The highest BCUT2D eigenvalue weighted by Crippen LogP contribution is 2.35. The molecule has 1 atom stereocenters. The van der Waals surface area contributed by atoms with Gasteiger partial charge < -0.3 is 5.11 Å². The predicted octanol–water partition coefficient (Wildman–Crippen LogP) is 2.10. The predicted molar refractivity (Wildman–Crippen MR) is 69.7 cm³/mol. The van der Waals surface area contributed by atoms with Crippen molar-refractivity contribution < 1.29 is 9.90 Å². The number of benzene rings is 1. The molecule has 18 heavy (non-hydrogen) atoms. The maximum Gasteiger partial charge on any atom is 0.248 e. The summed E-state index contributed by atoms with van der Waals surface area (Å²) in [6, 6.07) is 9.20. The van der Waals surface area contributed by atoms with Crippen LogP contribution in [-0.2, 0) is 10.5 Å².